The molecule has 0 saturated carbocycles. The smallest absolute Gasteiger partial charge is 0.254 e. The summed E-state index contributed by atoms with van der Waals surface area (Å²) in [5.74, 6) is -0.444. The molecule has 0 radical (unpaired) electrons. The largest absolute Gasteiger partial charge is 0.354 e. The van der Waals surface area contributed by atoms with Crippen molar-refractivity contribution in [2.75, 3.05) is 18.6 Å². The molecule has 1 aliphatic rings. The molecule has 1 aliphatic heterocycles. The molecule has 128 valence electrons. The van der Waals surface area contributed by atoms with Gasteiger partial charge in [0.25, 0.3) is 11.8 Å². The summed E-state index contributed by atoms with van der Waals surface area (Å²) >= 11 is 5.05. The van der Waals surface area contributed by atoms with Gasteiger partial charge in [-0.3, -0.25) is 19.3 Å². The fourth-order valence-electron chi connectivity index (χ4n) is 2.47. The van der Waals surface area contributed by atoms with Gasteiger partial charge in [0.15, 0.2) is 0 Å². The fraction of sp³-hybridized carbons (Fsp3) is 0.353. The summed E-state index contributed by atoms with van der Waals surface area (Å²) in [6.45, 7) is 0.445. The third-order valence-corrected chi connectivity index (χ3v) is 5.12. The molecule has 2 rings (SSSR count). The van der Waals surface area contributed by atoms with Gasteiger partial charge in [-0.1, -0.05) is 34.1 Å². The van der Waals surface area contributed by atoms with Gasteiger partial charge in [0.2, 0.25) is 5.91 Å². The Morgan fingerprint density at radius 1 is 1.25 bits per heavy atom. The number of nitrogens with one attached hydrogen (secondary N) is 1. The van der Waals surface area contributed by atoms with Gasteiger partial charge in [0.05, 0.1) is 0 Å². The molecule has 0 saturated heterocycles. The van der Waals surface area contributed by atoms with Crippen LogP contribution in [0.25, 0.3) is 0 Å². The lowest BCUT2D eigenvalue weighted by Gasteiger charge is -2.25. The topological polar surface area (TPSA) is 66.5 Å². The number of imide groups is 1. The monoisotopic (exact) mass is 410 g/mol. The van der Waals surface area contributed by atoms with Crippen molar-refractivity contribution in [3.8, 4) is 0 Å². The van der Waals surface area contributed by atoms with Crippen molar-refractivity contribution in [3.63, 3.8) is 0 Å². The van der Waals surface area contributed by atoms with E-state index in [0.717, 1.165) is 14.9 Å². The second-order valence-electron chi connectivity index (χ2n) is 5.31. The normalized spacial score (nSPS) is 15.0. The van der Waals surface area contributed by atoms with Crippen LogP contribution in [0.5, 0.6) is 0 Å². The van der Waals surface area contributed by atoms with E-state index in [1.165, 1.54) is 12.2 Å². The summed E-state index contributed by atoms with van der Waals surface area (Å²) in [7, 11) is 0. The molecular weight excluding hydrogens is 392 g/mol. The Labute approximate surface area is 154 Å². The quantitative estimate of drug-likeness (QED) is 0.666. The van der Waals surface area contributed by atoms with Gasteiger partial charge in [-0.15, -0.1) is 0 Å². The fourth-order valence-corrected chi connectivity index (χ4v) is 3.41. The summed E-state index contributed by atoms with van der Waals surface area (Å²) in [4.78, 5) is 37.3. The number of hydrogen-bond donors (Lipinski definition) is 1. The highest BCUT2D eigenvalue weighted by Gasteiger charge is 2.35. The van der Waals surface area contributed by atoms with E-state index in [1.54, 1.807) is 11.8 Å². The first kappa shape index (κ1) is 18.7. The van der Waals surface area contributed by atoms with Crippen molar-refractivity contribution in [2.45, 2.75) is 18.9 Å². The van der Waals surface area contributed by atoms with Crippen molar-refractivity contribution in [2.24, 2.45) is 0 Å². The average molecular weight is 411 g/mol. The molecule has 1 aromatic rings. The molecule has 1 N–H and O–H groups in total. The Hall–Kier alpha value is -1.60. The number of nitrogens with zero attached hydrogens (tertiary/aromatic N) is 1. The van der Waals surface area contributed by atoms with E-state index in [2.05, 4.69) is 21.2 Å². The molecule has 7 heteroatoms. The van der Waals surface area contributed by atoms with E-state index >= 15 is 0 Å². The highest BCUT2D eigenvalue weighted by Crippen LogP contribution is 2.17. The summed E-state index contributed by atoms with van der Waals surface area (Å²) in [6, 6.07) is 7.05. The molecule has 0 fully saturated rings. The van der Waals surface area contributed by atoms with Gasteiger partial charge in [0, 0.05) is 23.2 Å². The number of carbonyl (C=O) groups excluding carboxylic acids is 3. The van der Waals surface area contributed by atoms with E-state index in [0.29, 0.717) is 25.1 Å². The maximum atomic E-state index is 12.5. The third kappa shape index (κ3) is 4.70. The predicted octanol–water partition coefficient (Wildman–Crippen LogP) is 2.15. The minimum Gasteiger partial charge on any atom is -0.354 e. The third-order valence-electron chi connectivity index (χ3n) is 3.70. The van der Waals surface area contributed by atoms with Crippen molar-refractivity contribution >= 4 is 45.4 Å². The highest BCUT2D eigenvalue weighted by molar-refractivity contribution is 9.10. The van der Waals surface area contributed by atoms with Crippen LogP contribution in [0, 0.1) is 0 Å². The molecule has 0 aliphatic carbocycles. The second kappa shape index (κ2) is 9.03. The SMILES string of the molecule is CSCCC(C(=O)NCCc1ccccc1Br)N1C(=O)C=CC1=O. The molecule has 0 aromatic heterocycles. The van der Waals surface area contributed by atoms with Crippen molar-refractivity contribution < 1.29 is 14.4 Å². The van der Waals surface area contributed by atoms with E-state index in [-0.39, 0.29) is 5.91 Å². The van der Waals surface area contributed by atoms with Crippen molar-refractivity contribution in [3.05, 3.63) is 46.5 Å². The lowest BCUT2D eigenvalue weighted by Crippen LogP contribution is -2.50. The Morgan fingerprint density at radius 2 is 1.92 bits per heavy atom. The van der Waals surface area contributed by atoms with Gasteiger partial charge in [-0.2, -0.15) is 11.8 Å². The maximum absolute atomic E-state index is 12.5. The van der Waals surface area contributed by atoms with Gasteiger partial charge in [-0.25, -0.2) is 0 Å². The minimum absolute atomic E-state index is 0.290. The molecule has 0 bridgehead atoms. The first-order valence-corrected chi connectivity index (χ1v) is 9.78. The van der Waals surface area contributed by atoms with Crippen LogP contribution in [0.3, 0.4) is 0 Å². The number of carbonyl (C=O) groups is 3. The number of amides is 3. The predicted molar refractivity (Wildman–Crippen MR) is 98.6 cm³/mol. The molecule has 1 atom stereocenters. The number of hydrogen-bond acceptors (Lipinski definition) is 4. The maximum Gasteiger partial charge on any atom is 0.254 e. The Balaban J connectivity index is 1.96. The number of benzene rings is 1. The minimum atomic E-state index is -0.758. The number of rotatable bonds is 8. The summed E-state index contributed by atoms with van der Waals surface area (Å²) < 4.78 is 0.993. The summed E-state index contributed by atoms with van der Waals surface area (Å²) in [6.07, 6.45) is 5.46. The molecule has 1 aromatic carbocycles. The summed E-state index contributed by atoms with van der Waals surface area (Å²) in [5, 5.41) is 2.84. The average Bonchev–Trinajstić information content (AvgIpc) is 2.89. The van der Waals surface area contributed by atoms with Gasteiger partial charge >= 0.3 is 0 Å². The molecule has 5 nitrogen and oxygen atoms in total. The summed E-state index contributed by atoms with van der Waals surface area (Å²) in [5.41, 5.74) is 1.09. The van der Waals surface area contributed by atoms with Gasteiger partial charge < -0.3 is 5.32 Å². The van der Waals surface area contributed by atoms with Crippen LogP contribution in [0.1, 0.15) is 12.0 Å². The molecule has 1 heterocycles. The molecular formula is C17H19BrN2O3S. The number of halogens is 1. The van der Waals surface area contributed by atoms with Gasteiger partial charge in [-0.05, 0) is 36.5 Å². The molecule has 3 amide bonds. The van der Waals surface area contributed by atoms with Gasteiger partial charge in [0.1, 0.15) is 6.04 Å². The highest BCUT2D eigenvalue weighted by atomic mass is 79.9. The van der Waals surface area contributed by atoms with Crippen molar-refractivity contribution in [1.29, 1.82) is 0 Å². The van der Waals surface area contributed by atoms with Crippen LogP contribution >= 0.6 is 27.7 Å². The van der Waals surface area contributed by atoms with E-state index in [1.807, 2.05) is 30.5 Å². The van der Waals surface area contributed by atoms with Crippen LogP contribution in [-0.2, 0) is 20.8 Å². The zero-order valence-corrected chi connectivity index (χ0v) is 15.7. The van der Waals surface area contributed by atoms with Crippen LogP contribution in [0.15, 0.2) is 40.9 Å². The first-order valence-electron chi connectivity index (χ1n) is 7.60. The standard InChI is InChI=1S/C17H19BrN2O3S/c1-24-11-9-14(20-15(21)6-7-16(20)22)17(23)19-10-8-12-4-2-3-5-13(12)18/h2-7,14H,8-11H2,1H3,(H,19,23). The second-order valence-corrected chi connectivity index (χ2v) is 7.15. The number of thioether (sulfide) groups is 1. The molecule has 1 unspecified atom stereocenters. The molecule has 0 spiro atoms. The lowest BCUT2D eigenvalue weighted by atomic mass is 10.1. The lowest BCUT2D eigenvalue weighted by molar-refractivity contribution is -0.145. The zero-order chi connectivity index (χ0) is 17.5. The van der Waals surface area contributed by atoms with Crippen LogP contribution in [-0.4, -0.2) is 47.2 Å². The Kier molecular flexibility index (Phi) is 7.05. The van der Waals surface area contributed by atoms with E-state index in [4.69, 9.17) is 0 Å². The van der Waals surface area contributed by atoms with E-state index in [9.17, 15) is 14.4 Å². The van der Waals surface area contributed by atoms with Crippen LogP contribution < -0.4 is 5.32 Å². The van der Waals surface area contributed by atoms with Crippen LogP contribution in [0.4, 0.5) is 0 Å². The molecule has 24 heavy (non-hydrogen) atoms. The Morgan fingerprint density at radius 3 is 2.54 bits per heavy atom. The van der Waals surface area contributed by atoms with E-state index < -0.39 is 17.9 Å². The zero-order valence-electron chi connectivity index (χ0n) is 13.3. The van der Waals surface area contributed by atoms with Crippen molar-refractivity contribution in [1.82, 2.24) is 10.2 Å². The van der Waals surface area contributed by atoms with Crippen LogP contribution in [0.2, 0.25) is 0 Å². The first-order chi connectivity index (χ1) is 11.5. The Bertz CT molecular complexity index is 645.